The van der Waals surface area contributed by atoms with E-state index < -0.39 is 22.3 Å². The highest BCUT2D eigenvalue weighted by Gasteiger charge is 2.17. The number of nitrogens with one attached hydrogen (secondary N) is 2. The molecular weight excluding hydrogens is 290 g/mol. The lowest BCUT2D eigenvalue weighted by atomic mass is 10.2. The number of nitrogens with two attached hydrogens (primary N) is 1. The Labute approximate surface area is 114 Å². The van der Waals surface area contributed by atoms with E-state index in [-0.39, 0.29) is 23.5 Å². The van der Waals surface area contributed by atoms with E-state index in [9.17, 15) is 18.0 Å². The molecule has 110 valence electrons. The monoisotopic (exact) mass is 303 g/mol. The van der Waals surface area contributed by atoms with Gasteiger partial charge in [-0.3, -0.25) is 4.72 Å². The first-order valence-corrected chi connectivity index (χ1v) is 6.83. The highest BCUT2D eigenvalue weighted by atomic mass is 32.2. The number of ether oxygens (including phenoxy) is 1. The number of nitrogen functional groups attached to an aromatic ring is 1. The summed E-state index contributed by atoms with van der Waals surface area (Å²) in [5.41, 5.74) is 5.27. The Bertz CT molecular complexity index is 628. The Hall–Kier alpha value is -2.49. The van der Waals surface area contributed by atoms with Gasteiger partial charge in [0.25, 0.3) is 0 Å². The quantitative estimate of drug-likeness (QED) is 0.574. The second-order valence-electron chi connectivity index (χ2n) is 3.54. The molecule has 1 amide bonds. The van der Waals surface area contributed by atoms with Crippen molar-refractivity contribution in [2.45, 2.75) is 6.92 Å². The molecule has 1 aromatic carbocycles. The molecule has 1 aromatic rings. The minimum Gasteiger partial charge on any atom is -0.478 e. The van der Waals surface area contributed by atoms with Gasteiger partial charge in [-0.2, -0.15) is 8.42 Å². The predicted octanol–water partition coefficient (Wildman–Crippen LogP) is 0.370. The van der Waals surface area contributed by atoms with Crippen molar-refractivity contribution in [1.29, 1.82) is 0 Å². The van der Waals surface area contributed by atoms with E-state index in [1.807, 2.05) is 4.72 Å². The molecule has 0 aliphatic heterocycles. The van der Waals surface area contributed by atoms with Crippen molar-refractivity contribution in [3.05, 3.63) is 23.8 Å². The molecule has 0 radical (unpaired) electrons. The van der Waals surface area contributed by atoms with Gasteiger partial charge in [0.05, 0.1) is 23.5 Å². The predicted molar refractivity (Wildman–Crippen MR) is 70.5 cm³/mol. The molecular formula is C10H13N3O6S. The highest BCUT2D eigenvalue weighted by molar-refractivity contribution is 7.91. The van der Waals surface area contributed by atoms with Gasteiger partial charge in [-0.05, 0) is 25.1 Å². The highest BCUT2D eigenvalue weighted by Crippen LogP contribution is 2.20. The van der Waals surface area contributed by atoms with E-state index in [0.717, 1.165) is 6.07 Å². The lowest BCUT2D eigenvalue weighted by Crippen LogP contribution is -2.35. The lowest BCUT2D eigenvalue weighted by molar-refractivity contribution is 0.0697. The summed E-state index contributed by atoms with van der Waals surface area (Å²) < 4.78 is 31.1. The molecule has 0 saturated heterocycles. The zero-order valence-corrected chi connectivity index (χ0v) is 11.2. The molecule has 10 heteroatoms. The first-order valence-electron chi connectivity index (χ1n) is 5.35. The van der Waals surface area contributed by atoms with Crippen molar-refractivity contribution in [1.82, 2.24) is 4.72 Å². The molecule has 0 atom stereocenters. The van der Waals surface area contributed by atoms with Gasteiger partial charge in [-0.1, -0.05) is 0 Å². The first kappa shape index (κ1) is 15.6. The molecule has 9 nitrogen and oxygen atoms in total. The van der Waals surface area contributed by atoms with Crippen LogP contribution in [0.4, 0.5) is 16.2 Å². The number of hydrogen-bond donors (Lipinski definition) is 4. The Morgan fingerprint density at radius 1 is 1.40 bits per heavy atom. The maximum atomic E-state index is 11.6. The van der Waals surface area contributed by atoms with E-state index in [0.29, 0.717) is 0 Å². The summed E-state index contributed by atoms with van der Waals surface area (Å²) in [5.74, 6) is -1.20. The number of carbonyl (C=O) groups is 2. The second-order valence-corrected chi connectivity index (χ2v) is 4.95. The smallest absolute Gasteiger partial charge is 0.422 e. The second kappa shape index (κ2) is 6.10. The van der Waals surface area contributed by atoms with Gasteiger partial charge in [-0.15, -0.1) is 0 Å². The molecule has 0 aliphatic rings. The van der Waals surface area contributed by atoms with Gasteiger partial charge < -0.3 is 15.6 Å². The van der Waals surface area contributed by atoms with Crippen LogP contribution in [-0.4, -0.2) is 32.2 Å². The number of carboxylic acids is 1. The van der Waals surface area contributed by atoms with Crippen LogP contribution in [0.25, 0.3) is 0 Å². The van der Waals surface area contributed by atoms with Crippen LogP contribution in [0, 0.1) is 0 Å². The fourth-order valence-corrected chi connectivity index (χ4v) is 2.03. The fraction of sp³-hybridized carbons (Fsp3) is 0.200. The molecule has 0 saturated carbocycles. The summed E-state index contributed by atoms with van der Waals surface area (Å²) in [6.07, 6.45) is -1.14. The van der Waals surface area contributed by atoms with Crippen molar-refractivity contribution in [2.24, 2.45) is 0 Å². The minimum absolute atomic E-state index is 0.0107. The average molecular weight is 303 g/mol. The van der Waals surface area contributed by atoms with Crippen LogP contribution in [-0.2, 0) is 14.9 Å². The van der Waals surface area contributed by atoms with Gasteiger partial charge in [0, 0.05) is 0 Å². The summed E-state index contributed by atoms with van der Waals surface area (Å²) >= 11 is 0. The Morgan fingerprint density at radius 3 is 2.55 bits per heavy atom. The zero-order valence-electron chi connectivity index (χ0n) is 10.4. The molecule has 0 heterocycles. The molecule has 20 heavy (non-hydrogen) atoms. The Morgan fingerprint density at radius 2 is 2.05 bits per heavy atom. The van der Waals surface area contributed by atoms with Gasteiger partial charge in [0.1, 0.15) is 0 Å². The first-order chi connectivity index (χ1) is 9.25. The van der Waals surface area contributed by atoms with Crippen LogP contribution in [0.5, 0.6) is 0 Å². The number of benzene rings is 1. The minimum atomic E-state index is -4.21. The Kier molecular flexibility index (Phi) is 4.75. The van der Waals surface area contributed by atoms with Crippen molar-refractivity contribution in [3.8, 4) is 0 Å². The summed E-state index contributed by atoms with van der Waals surface area (Å²) in [5, 5.41) is 8.74. The van der Waals surface area contributed by atoms with Crippen LogP contribution in [0.15, 0.2) is 18.2 Å². The molecule has 1 rings (SSSR count). The summed E-state index contributed by atoms with van der Waals surface area (Å²) in [6.45, 7) is 1.53. The summed E-state index contributed by atoms with van der Waals surface area (Å²) in [7, 11) is -4.21. The van der Waals surface area contributed by atoms with E-state index >= 15 is 0 Å². The number of aromatic carboxylic acids is 1. The van der Waals surface area contributed by atoms with Crippen LogP contribution in [0.3, 0.4) is 0 Å². The normalized spacial score (nSPS) is 10.7. The van der Waals surface area contributed by atoms with Gasteiger partial charge in [0.15, 0.2) is 0 Å². The summed E-state index contributed by atoms with van der Waals surface area (Å²) in [4.78, 5) is 21.7. The van der Waals surface area contributed by atoms with E-state index in [1.54, 1.807) is 4.72 Å². The van der Waals surface area contributed by atoms with E-state index in [4.69, 9.17) is 10.8 Å². The molecule has 5 N–H and O–H groups in total. The van der Waals surface area contributed by atoms with Crippen molar-refractivity contribution < 1.29 is 27.9 Å². The lowest BCUT2D eigenvalue weighted by Gasteiger charge is -2.11. The zero-order chi connectivity index (χ0) is 15.3. The fourth-order valence-electron chi connectivity index (χ4n) is 1.23. The molecule has 0 aromatic heterocycles. The molecule has 0 bridgehead atoms. The van der Waals surface area contributed by atoms with E-state index in [2.05, 4.69) is 4.74 Å². The Balaban J connectivity index is 2.87. The number of carbonyl (C=O) groups excluding carboxylic acids is 1. The number of rotatable bonds is 5. The number of hydrogen-bond acceptors (Lipinski definition) is 6. The van der Waals surface area contributed by atoms with Gasteiger partial charge in [0.2, 0.25) is 0 Å². The number of carboxylic acid groups (broad SMARTS) is 1. The molecule has 0 fully saturated rings. The van der Waals surface area contributed by atoms with Gasteiger partial charge >= 0.3 is 22.3 Å². The average Bonchev–Trinajstić information content (AvgIpc) is 2.30. The van der Waals surface area contributed by atoms with Crippen molar-refractivity contribution in [3.63, 3.8) is 0 Å². The maximum absolute atomic E-state index is 11.6. The van der Waals surface area contributed by atoms with Crippen LogP contribution in [0.2, 0.25) is 0 Å². The molecule has 0 spiro atoms. The maximum Gasteiger partial charge on any atom is 0.422 e. The van der Waals surface area contributed by atoms with Crippen molar-refractivity contribution in [2.75, 3.05) is 17.1 Å². The third-order valence-electron chi connectivity index (χ3n) is 2.04. The number of anilines is 2. The van der Waals surface area contributed by atoms with Crippen LogP contribution >= 0.6 is 0 Å². The molecule has 0 aliphatic carbocycles. The largest absolute Gasteiger partial charge is 0.478 e. The van der Waals surface area contributed by atoms with Crippen LogP contribution < -0.4 is 15.2 Å². The van der Waals surface area contributed by atoms with Crippen LogP contribution in [0.1, 0.15) is 17.3 Å². The summed E-state index contributed by atoms with van der Waals surface area (Å²) in [6, 6.07) is 3.43. The topological polar surface area (TPSA) is 148 Å². The van der Waals surface area contributed by atoms with Crippen molar-refractivity contribution >= 4 is 33.6 Å². The molecule has 0 unspecified atom stereocenters. The number of amides is 1. The third-order valence-corrected chi connectivity index (χ3v) is 2.96. The third kappa shape index (κ3) is 4.31. The van der Waals surface area contributed by atoms with E-state index in [1.165, 1.54) is 19.1 Å². The standard InChI is InChI=1S/C10H13N3O6S/c1-2-19-10(16)13-20(17,18)12-8-4-3-6(9(14)15)5-7(8)11/h3-5,12H,2,11H2,1H3,(H,13,16)(H,14,15). The van der Waals surface area contributed by atoms with Gasteiger partial charge in [-0.25, -0.2) is 14.3 Å². The SMILES string of the molecule is CCOC(=O)NS(=O)(=O)Nc1ccc(C(=O)O)cc1N.